The third kappa shape index (κ3) is 3.06. The molecule has 1 fully saturated rings. The van der Waals surface area contributed by atoms with Gasteiger partial charge in [-0.15, -0.1) is 0 Å². The Morgan fingerprint density at radius 3 is 2.37 bits per heavy atom. The molecule has 0 bridgehead atoms. The van der Waals surface area contributed by atoms with Gasteiger partial charge in [0, 0.05) is 29.7 Å². The number of nitriles is 1. The number of halogens is 1. The normalized spacial score (nSPS) is 16.5. The number of benzene rings is 2. The first-order valence-electron chi connectivity index (χ1n) is 9.32. The van der Waals surface area contributed by atoms with Crippen LogP contribution in [0.3, 0.4) is 0 Å². The Hall–Kier alpha value is -2.87. The zero-order chi connectivity index (χ0) is 19.2. The van der Waals surface area contributed by atoms with E-state index in [0.29, 0.717) is 27.4 Å². The fourth-order valence-electron chi connectivity index (χ4n) is 3.77. The Labute approximate surface area is 158 Å². The highest BCUT2D eigenvalue weighted by molar-refractivity contribution is 5.87. The molecule has 4 rings (SSSR count). The number of hydrogen-bond acceptors (Lipinski definition) is 3. The van der Waals surface area contributed by atoms with Crippen LogP contribution in [0.25, 0.3) is 16.6 Å². The Balaban J connectivity index is 1.69. The van der Waals surface area contributed by atoms with E-state index in [0.717, 1.165) is 18.8 Å². The number of anilines is 1. The standard InChI is InChI=1S/C22H23FN4/c1-15-19(13-24)21-16(12-20(15)23)14-25-27(21)18-6-4-17(5-7-18)26-10-8-22(2,3)9-11-26/h4-7,12,14H,8-11H2,1-3H3. The highest BCUT2D eigenvalue weighted by Crippen LogP contribution is 2.33. The van der Waals surface area contributed by atoms with E-state index >= 15 is 0 Å². The lowest BCUT2D eigenvalue weighted by molar-refractivity contribution is 0.280. The molecule has 0 radical (unpaired) electrons. The predicted molar refractivity (Wildman–Crippen MR) is 106 cm³/mol. The minimum atomic E-state index is -0.373. The van der Waals surface area contributed by atoms with Crippen molar-refractivity contribution < 1.29 is 4.39 Å². The average Bonchev–Trinajstić information content (AvgIpc) is 3.06. The van der Waals surface area contributed by atoms with Crippen molar-refractivity contribution in [3.63, 3.8) is 0 Å². The third-order valence-corrected chi connectivity index (χ3v) is 5.74. The second-order valence-corrected chi connectivity index (χ2v) is 8.13. The molecule has 1 saturated heterocycles. The van der Waals surface area contributed by atoms with Crippen molar-refractivity contribution in [2.75, 3.05) is 18.0 Å². The molecule has 2 aromatic carbocycles. The molecule has 0 aliphatic carbocycles. The van der Waals surface area contributed by atoms with Gasteiger partial charge in [0.05, 0.1) is 23.0 Å². The van der Waals surface area contributed by atoms with Crippen molar-refractivity contribution >= 4 is 16.6 Å². The summed E-state index contributed by atoms with van der Waals surface area (Å²) in [5.41, 5.74) is 3.85. The largest absolute Gasteiger partial charge is 0.371 e. The van der Waals surface area contributed by atoms with Gasteiger partial charge in [-0.3, -0.25) is 0 Å². The molecular weight excluding hydrogens is 339 g/mol. The number of piperidine rings is 1. The maximum absolute atomic E-state index is 14.0. The molecule has 0 saturated carbocycles. The molecule has 27 heavy (non-hydrogen) atoms. The van der Waals surface area contributed by atoms with E-state index in [4.69, 9.17) is 0 Å². The van der Waals surface area contributed by atoms with E-state index in [2.05, 4.69) is 42.0 Å². The summed E-state index contributed by atoms with van der Waals surface area (Å²) < 4.78 is 15.8. The van der Waals surface area contributed by atoms with Crippen LogP contribution >= 0.6 is 0 Å². The highest BCUT2D eigenvalue weighted by Gasteiger charge is 2.25. The molecule has 1 aliphatic rings. The number of hydrogen-bond donors (Lipinski definition) is 0. The van der Waals surface area contributed by atoms with Crippen LogP contribution in [0, 0.1) is 29.5 Å². The molecule has 1 aromatic heterocycles. The molecular formula is C22H23FN4. The topological polar surface area (TPSA) is 44.9 Å². The van der Waals surface area contributed by atoms with Crippen LogP contribution < -0.4 is 4.90 Å². The van der Waals surface area contributed by atoms with Gasteiger partial charge in [-0.1, -0.05) is 13.8 Å². The summed E-state index contributed by atoms with van der Waals surface area (Å²) >= 11 is 0. The minimum Gasteiger partial charge on any atom is -0.371 e. The number of aromatic nitrogens is 2. The van der Waals surface area contributed by atoms with E-state index in [1.54, 1.807) is 17.8 Å². The number of rotatable bonds is 2. The van der Waals surface area contributed by atoms with Crippen molar-refractivity contribution in [1.29, 1.82) is 5.26 Å². The maximum Gasteiger partial charge on any atom is 0.128 e. The van der Waals surface area contributed by atoms with Crippen LogP contribution in [-0.2, 0) is 0 Å². The molecule has 0 N–H and O–H groups in total. The molecule has 0 unspecified atom stereocenters. The quantitative estimate of drug-likeness (QED) is 0.646. The molecule has 3 aromatic rings. The van der Waals surface area contributed by atoms with Crippen LogP contribution in [0.1, 0.15) is 37.8 Å². The van der Waals surface area contributed by atoms with Crippen molar-refractivity contribution in [1.82, 2.24) is 9.78 Å². The Kier molecular flexibility index (Phi) is 4.15. The van der Waals surface area contributed by atoms with Gasteiger partial charge >= 0.3 is 0 Å². The molecule has 5 heteroatoms. The molecule has 0 amide bonds. The second-order valence-electron chi connectivity index (χ2n) is 8.13. The summed E-state index contributed by atoms with van der Waals surface area (Å²) in [6, 6.07) is 11.8. The lowest BCUT2D eigenvalue weighted by Gasteiger charge is -2.38. The Morgan fingerprint density at radius 2 is 1.74 bits per heavy atom. The summed E-state index contributed by atoms with van der Waals surface area (Å²) in [5.74, 6) is -0.373. The van der Waals surface area contributed by atoms with Crippen LogP contribution in [0.15, 0.2) is 36.5 Å². The van der Waals surface area contributed by atoms with Crippen LogP contribution in [0.5, 0.6) is 0 Å². The molecule has 0 atom stereocenters. The van der Waals surface area contributed by atoms with Gasteiger partial charge in [0.15, 0.2) is 0 Å². The molecule has 2 heterocycles. The molecule has 4 nitrogen and oxygen atoms in total. The first kappa shape index (κ1) is 17.5. The average molecular weight is 362 g/mol. The zero-order valence-electron chi connectivity index (χ0n) is 16.0. The summed E-state index contributed by atoms with van der Waals surface area (Å²) in [4.78, 5) is 2.41. The van der Waals surface area contributed by atoms with E-state index in [-0.39, 0.29) is 5.82 Å². The fourth-order valence-corrected chi connectivity index (χ4v) is 3.77. The van der Waals surface area contributed by atoms with Gasteiger partial charge in [-0.2, -0.15) is 10.4 Å². The van der Waals surface area contributed by atoms with Crippen molar-refractivity contribution in [2.45, 2.75) is 33.6 Å². The van der Waals surface area contributed by atoms with Gasteiger partial charge in [-0.25, -0.2) is 9.07 Å². The first-order valence-corrected chi connectivity index (χ1v) is 9.32. The lowest BCUT2D eigenvalue weighted by Crippen LogP contribution is -2.37. The van der Waals surface area contributed by atoms with E-state index in [9.17, 15) is 9.65 Å². The Morgan fingerprint density at radius 1 is 1.11 bits per heavy atom. The lowest BCUT2D eigenvalue weighted by atomic mass is 9.82. The summed E-state index contributed by atoms with van der Waals surface area (Å²) in [7, 11) is 0. The summed E-state index contributed by atoms with van der Waals surface area (Å²) in [6.45, 7) is 8.41. The monoisotopic (exact) mass is 362 g/mol. The fraction of sp³-hybridized carbons (Fsp3) is 0.364. The van der Waals surface area contributed by atoms with Crippen molar-refractivity contribution in [3.05, 3.63) is 53.5 Å². The third-order valence-electron chi connectivity index (χ3n) is 5.74. The zero-order valence-corrected chi connectivity index (χ0v) is 16.0. The number of fused-ring (bicyclic) bond motifs is 1. The maximum atomic E-state index is 14.0. The van der Waals surface area contributed by atoms with Gasteiger partial charge in [0.2, 0.25) is 0 Å². The van der Waals surface area contributed by atoms with Crippen LogP contribution in [-0.4, -0.2) is 22.9 Å². The van der Waals surface area contributed by atoms with E-state index in [1.807, 2.05) is 12.1 Å². The van der Waals surface area contributed by atoms with Crippen LogP contribution in [0.4, 0.5) is 10.1 Å². The smallest absolute Gasteiger partial charge is 0.128 e. The minimum absolute atomic E-state index is 0.338. The second kappa shape index (κ2) is 6.38. The first-order chi connectivity index (χ1) is 12.9. The Bertz CT molecular complexity index is 1030. The highest BCUT2D eigenvalue weighted by atomic mass is 19.1. The van der Waals surface area contributed by atoms with Crippen molar-refractivity contribution in [2.24, 2.45) is 5.41 Å². The van der Waals surface area contributed by atoms with Crippen molar-refractivity contribution in [3.8, 4) is 11.8 Å². The summed E-state index contributed by atoms with van der Waals surface area (Å²) in [6.07, 6.45) is 3.99. The number of nitrogens with zero attached hydrogens (tertiary/aromatic N) is 4. The van der Waals surface area contributed by atoms with E-state index < -0.39 is 0 Å². The van der Waals surface area contributed by atoms with E-state index in [1.165, 1.54) is 24.6 Å². The van der Waals surface area contributed by atoms with Gasteiger partial charge in [0.1, 0.15) is 11.9 Å². The molecule has 1 aliphatic heterocycles. The molecule has 138 valence electrons. The van der Waals surface area contributed by atoms with Crippen LogP contribution in [0.2, 0.25) is 0 Å². The van der Waals surface area contributed by atoms with Gasteiger partial charge < -0.3 is 4.90 Å². The summed E-state index contributed by atoms with van der Waals surface area (Å²) in [5, 5.41) is 14.6. The van der Waals surface area contributed by atoms with Gasteiger partial charge in [-0.05, 0) is 55.5 Å². The predicted octanol–water partition coefficient (Wildman–Crippen LogP) is 4.97. The molecule has 0 spiro atoms. The SMILES string of the molecule is Cc1c(F)cc2cnn(-c3ccc(N4CCC(C)(C)CC4)cc3)c2c1C#N. The van der Waals surface area contributed by atoms with Gasteiger partial charge in [0.25, 0.3) is 0 Å².